The topological polar surface area (TPSA) is 66.3 Å². The molecule has 0 saturated carbocycles. The predicted octanol–water partition coefficient (Wildman–Crippen LogP) is 2.60. The molecule has 0 aliphatic rings. The van der Waals surface area contributed by atoms with Crippen molar-refractivity contribution in [1.29, 1.82) is 0 Å². The van der Waals surface area contributed by atoms with Gasteiger partial charge in [0.05, 0.1) is 18.4 Å². The van der Waals surface area contributed by atoms with Gasteiger partial charge >= 0.3 is 0 Å². The molecule has 1 amide bonds. The zero-order valence-electron chi connectivity index (χ0n) is 11.6. The zero-order valence-corrected chi connectivity index (χ0v) is 13.3. The van der Waals surface area contributed by atoms with Crippen LogP contribution in [0.3, 0.4) is 0 Å². The highest BCUT2D eigenvalue weighted by Crippen LogP contribution is 2.16. The maximum absolute atomic E-state index is 11.9. The minimum absolute atomic E-state index is 0.198. The third-order valence-corrected chi connectivity index (χ3v) is 3.95. The molecule has 7 heteroatoms. The van der Waals surface area contributed by atoms with Gasteiger partial charge in [-0.3, -0.25) is 15.6 Å². The lowest BCUT2D eigenvalue weighted by molar-refractivity contribution is 0.0944. The number of amides is 1. The van der Waals surface area contributed by atoms with E-state index in [0.29, 0.717) is 17.2 Å². The Balaban J connectivity index is 1.73. The number of aryl methyl sites for hydroxylation is 1. The van der Waals surface area contributed by atoms with Crippen LogP contribution in [0.5, 0.6) is 0 Å². The molecule has 2 aromatic rings. The van der Waals surface area contributed by atoms with Crippen LogP contribution in [-0.2, 0) is 13.0 Å². The summed E-state index contributed by atoms with van der Waals surface area (Å²) in [5.74, 6) is 0.572. The average molecular weight is 323 g/mol. The van der Waals surface area contributed by atoms with Crippen LogP contribution in [0.15, 0.2) is 34.3 Å². The lowest BCUT2D eigenvalue weighted by Gasteiger charge is -2.10. The summed E-state index contributed by atoms with van der Waals surface area (Å²) in [6.07, 6.45) is 3.66. The highest BCUT2D eigenvalue weighted by Gasteiger charge is 2.08. The number of thiocarbonyl (C=S) groups is 1. The second-order valence-corrected chi connectivity index (χ2v) is 5.80. The van der Waals surface area contributed by atoms with Crippen LogP contribution in [-0.4, -0.2) is 11.0 Å². The van der Waals surface area contributed by atoms with Crippen molar-refractivity contribution in [2.75, 3.05) is 0 Å². The Morgan fingerprint density at radius 2 is 2.29 bits per heavy atom. The van der Waals surface area contributed by atoms with Gasteiger partial charge in [0, 0.05) is 10.3 Å². The van der Waals surface area contributed by atoms with Gasteiger partial charge in [-0.15, -0.1) is 11.3 Å². The molecule has 0 bridgehead atoms. The first-order chi connectivity index (χ1) is 10.2. The fourth-order valence-corrected chi connectivity index (χ4v) is 2.78. The van der Waals surface area contributed by atoms with Crippen LogP contribution in [0.25, 0.3) is 0 Å². The Morgan fingerprint density at radius 3 is 3.00 bits per heavy atom. The molecule has 0 saturated heterocycles. The third kappa shape index (κ3) is 4.87. The number of thiophene rings is 1. The van der Waals surface area contributed by atoms with Gasteiger partial charge in [-0.1, -0.05) is 13.3 Å². The highest BCUT2D eigenvalue weighted by molar-refractivity contribution is 7.80. The Bertz CT molecular complexity index is 593. The molecule has 2 rings (SSSR count). The van der Waals surface area contributed by atoms with Gasteiger partial charge in [0.1, 0.15) is 5.76 Å². The predicted molar refractivity (Wildman–Crippen MR) is 87.1 cm³/mol. The summed E-state index contributed by atoms with van der Waals surface area (Å²) in [5.41, 5.74) is 5.88. The summed E-state index contributed by atoms with van der Waals surface area (Å²) in [6.45, 7) is 2.58. The first-order valence-corrected chi connectivity index (χ1v) is 7.91. The molecular weight excluding hydrogens is 306 g/mol. The van der Waals surface area contributed by atoms with E-state index >= 15 is 0 Å². The largest absolute Gasteiger partial charge is 0.467 e. The molecule has 0 unspecified atom stereocenters. The number of carbonyl (C=O) groups excluding carboxylic acids is 1. The van der Waals surface area contributed by atoms with E-state index in [1.165, 1.54) is 4.88 Å². The first-order valence-electron chi connectivity index (χ1n) is 6.63. The van der Waals surface area contributed by atoms with E-state index in [9.17, 15) is 4.79 Å². The van der Waals surface area contributed by atoms with Crippen LogP contribution in [0.1, 0.15) is 34.3 Å². The molecular formula is C14H17N3O2S2. The molecule has 2 heterocycles. The lowest BCUT2D eigenvalue weighted by atomic mass is 10.2. The van der Waals surface area contributed by atoms with Gasteiger partial charge in [0.25, 0.3) is 5.91 Å². The maximum atomic E-state index is 11.9. The summed E-state index contributed by atoms with van der Waals surface area (Å²) < 4.78 is 5.17. The Morgan fingerprint density at radius 1 is 1.43 bits per heavy atom. The van der Waals surface area contributed by atoms with E-state index in [-0.39, 0.29) is 5.91 Å². The molecule has 0 spiro atoms. The normalized spacial score (nSPS) is 10.1. The van der Waals surface area contributed by atoms with Crippen molar-refractivity contribution in [1.82, 2.24) is 16.2 Å². The Hall–Kier alpha value is -1.86. The fraction of sp³-hybridized carbons (Fsp3) is 0.286. The maximum Gasteiger partial charge on any atom is 0.270 e. The number of rotatable bonds is 5. The summed E-state index contributed by atoms with van der Waals surface area (Å²) in [5, 5.41) is 5.12. The van der Waals surface area contributed by atoms with Crippen molar-refractivity contribution in [3.63, 3.8) is 0 Å². The van der Waals surface area contributed by atoms with Gasteiger partial charge < -0.3 is 9.73 Å². The number of carbonyl (C=O) groups is 1. The van der Waals surface area contributed by atoms with Crippen LogP contribution in [0, 0.1) is 0 Å². The van der Waals surface area contributed by atoms with Crippen molar-refractivity contribution in [2.45, 2.75) is 26.3 Å². The Kier molecular flexibility index (Phi) is 5.77. The number of hydrogen-bond donors (Lipinski definition) is 3. The van der Waals surface area contributed by atoms with Crippen LogP contribution >= 0.6 is 23.6 Å². The van der Waals surface area contributed by atoms with E-state index in [1.54, 1.807) is 23.7 Å². The van der Waals surface area contributed by atoms with E-state index < -0.39 is 0 Å². The molecule has 112 valence electrons. The molecule has 0 atom stereocenters. The average Bonchev–Trinajstić information content (AvgIpc) is 3.14. The monoisotopic (exact) mass is 323 g/mol. The number of furan rings is 1. The fourth-order valence-electron chi connectivity index (χ4n) is 1.69. The molecule has 0 aliphatic carbocycles. The SMILES string of the molecule is CCCc1cc(C(=O)NNC(=S)NCc2ccco2)cs1. The summed E-state index contributed by atoms with van der Waals surface area (Å²) in [6, 6.07) is 5.55. The lowest BCUT2D eigenvalue weighted by Crippen LogP contribution is -2.46. The van der Waals surface area contributed by atoms with E-state index in [0.717, 1.165) is 18.6 Å². The van der Waals surface area contributed by atoms with Crippen LogP contribution in [0.2, 0.25) is 0 Å². The van der Waals surface area contributed by atoms with E-state index in [2.05, 4.69) is 23.1 Å². The molecule has 3 N–H and O–H groups in total. The van der Waals surface area contributed by atoms with Crippen LogP contribution in [0.4, 0.5) is 0 Å². The molecule has 0 aromatic carbocycles. The molecule has 2 aromatic heterocycles. The standard InChI is InChI=1S/C14H17N3O2S2/c1-2-4-12-7-10(9-21-12)13(18)16-17-14(20)15-8-11-5-3-6-19-11/h3,5-7,9H,2,4,8H2,1H3,(H,16,18)(H2,15,17,20). The van der Waals surface area contributed by atoms with Gasteiger partial charge in [0.15, 0.2) is 5.11 Å². The van der Waals surface area contributed by atoms with Crippen molar-refractivity contribution in [3.8, 4) is 0 Å². The second-order valence-electron chi connectivity index (χ2n) is 4.39. The van der Waals surface area contributed by atoms with Gasteiger partial charge in [-0.05, 0) is 36.8 Å². The van der Waals surface area contributed by atoms with Crippen molar-refractivity contribution in [2.24, 2.45) is 0 Å². The third-order valence-electron chi connectivity index (χ3n) is 2.71. The van der Waals surface area contributed by atoms with E-state index in [1.807, 2.05) is 17.5 Å². The second kappa shape index (κ2) is 7.80. The van der Waals surface area contributed by atoms with Gasteiger partial charge in [-0.2, -0.15) is 0 Å². The number of hydrazine groups is 1. The quantitative estimate of drug-likeness (QED) is 0.583. The summed E-state index contributed by atoms with van der Waals surface area (Å²) >= 11 is 6.66. The van der Waals surface area contributed by atoms with Crippen LogP contribution < -0.4 is 16.2 Å². The van der Waals surface area contributed by atoms with Gasteiger partial charge in [0.2, 0.25) is 0 Å². The van der Waals surface area contributed by atoms with Crippen molar-refractivity contribution in [3.05, 3.63) is 46.0 Å². The molecule has 0 radical (unpaired) electrons. The van der Waals surface area contributed by atoms with E-state index in [4.69, 9.17) is 16.6 Å². The Labute approximate surface area is 132 Å². The highest BCUT2D eigenvalue weighted by atomic mass is 32.1. The number of hydrogen-bond acceptors (Lipinski definition) is 4. The van der Waals surface area contributed by atoms with Gasteiger partial charge in [-0.25, -0.2) is 0 Å². The smallest absolute Gasteiger partial charge is 0.270 e. The molecule has 5 nitrogen and oxygen atoms in total. The first kappa shape index (κ1) is 15.5. The minimum atomic E-state index is -0.198. The summed E-state index contributed by atoms with van der Waals surface area (Å²) in [4.78, 5) is 13.1. The number of nitrogens with one attached hydrogen (secondary N) is 3. The minimum Gasteiger partial charge on any atom is -0.467 e. The molecule has 21 heavy (non-hydrogen) atoms. The molecule has 0 fully saturated rings. The molecule has 0 aliphatic heterocycles. The van der Waals surface area contributed by atoms with Crippen molar-refractivity contribution < 1.29 is 9.21 Å². The summed E-state index contributed by atoms with van der Waals surface area (Å²) in [7, 11) is 0. The zero-order chi connectivity index (χ0) is 15.1. The van der Waals surface area contributed by atoms with Crippen molar-refractivity contribution >= 4 is 34.6 Å².